The zero-order valence-electron chi connectivity index (χ0n) is 12.5. The van der Waals surface area contributed by atoms with Crippen molar-refractivity contribution in [2.75, 3.05) is 6.61 Å². The van der Waals surface area contributed by atoms with Crippen LogP contribution in [0.4, 0.5) is 0 Å². The third-order valence-corrected chi connectivity index (χ3v) is 4.09. The van der Waals surface area contributed by atoms with E-state index in [0.717, 1.165) is 45.1 Å². The molecule has 4 atom stereocenters. The Bertz CT molecular complexity index is 314. The Kier molecular flexibility index (Phi) is 6.22. The minimum Gasteiger partial charge on any atom is -0.378 e. The summed E-state index contributed by atoms with van der Waals surface area (Å²) in [4.78, 5) is 17.3. The van der Waals surface area contributed by atoms with Gasteiger partial charge in [0.15, 0.2) is 0 Å². The predicted octanol–water partition coefficient (Wildman–Crippen LogP) is 1.23. The minimum absolute atomic E-state index is 0.0607. The highest BCUT2D eigenvalue weighted by molar-refractivity contribution is 5.79. The summed E-state index contributed by atoms with van der Waals surface area (Å²) in [7, 11) is 0. The normalized spacial score (nSPS) is 34.1. The van der Waals surface area contributed by atoms with Crippen molar-refractivity contribution in [3.8, 4) is 0 Å². The molecule has 1 aliphatic heterocycles. The maximum atomic E-state index is 12.3. The van der Waals surface area contributed by atoms with Crippen molar-refractivity contribution in [2.24, 2.45) is 5.92 Å². The van der Waals surface area contributed by atoms with Gasteiger partial charge in [-0.15, -0.1) is 0 Å². The summed E-state index contributed by atoms with van der Waals surface area (Å²) in [5, 5.41) is 3.03. The van der Waals surface area contributed by atoms with Gasteiger partial charge >= 0.3 is 0 Å². The largest absolute Gasteiger partial charge is 0.378 e. The molecular formula is C14H27N3O3. The smallest absolute Gasteiger partial charge is 0.224 e. The zero-order valence-corrected chi connectivity index (χ0v) is 12.5. The van der Waals surface area contributed by atoms with Gasteiger partial charge in [-0.3, -0.25) is 4.79 Å². The summed E-state index contributed by atoms with van der Waals surface area (Å²) in [5.41, 5.74) is 5.65. The number of amides is 1. The average molecular weight is 285 g/mol. The summed E-state index contributed by atoms with van der Waals surface area (Å²) in [6.45, 7) is 4.96. The van der Waals surface area contributed by atoms with E-state index in [1.807, 2.05) is 0 Å². The fourth-order valence-electron chi connectivity index (χ4n) is 2.86. The summed E-state index contributed by atoms with van der Waals surface area (Å²) in [6.07, 6.45) is 5.95. The first-order valence-corrected chi connectivity index (χ1v) is 7.83. The Labute approximate surface area is 120 Å². The van der Waals surface area contributed by atoms with Crippen LogP contribution in [-0.4, -0.2) is 30.8 Å². The molecule has 1 saturated heterocycles. The molecule has 1 amide bonds. The third-order valence-electron chi connectivity index (χ3n) is 4.09. The summed E-state index contributed by atoms with van der Waals surface area (Å²) in [5.74, 6) is 0.170. The van der Waals surface area contributed by atoms with Crippen molar-refractivity contribution in [1.29, 1.82) is 0 Å². The molecule has 0 aromatic rings. The van der Waals surface area contributed by atoms with Gasteiger partial charge in [0.2, 0.25) is 5.91 Å². The molecular weight excluding hydrogens is 258 g/mol. The van der Waals surface area contributed by atoms with Gasteiger partial charge in [0.05, 0.1) is 12.1 Å². The highest BCUT2D eigenvalue weighted by Crippen LogP contribution is 2.26. The van der Waals surface area contributed by atoms with Gasteiger partial charge in [0.25, 0.3) is 0 Å². The first kappa shape index (κ1) is 15.7. The molecule has 3 N–H and O–H groups in total. The van der Waals surface area contributed by atoms with Crippen molar-refractivity contribution < 1.29 is 14.5 Å². The number of hydrogen-bond donors (Lipinski definition) is 3. The average Bonchev–Trinajstić information content (AvgIpc) is 2.92. The third kappa shape index (κ3) is 4.15. The van der Waals surface area contributed by atoms with Gasteiger partial charge in [-0.05, 0) is 32.1 Å². The van der Waals surface area contributed by atoms with Crippen LogP contribution in [0.1, 0.15) is 52.4 Å². The van der Waals surface area contributed by atoms with Gasteiger partial charge in [-0.25, -0.2) is 4.94 Å². The van der Waals surface area contributed by atoms with E-state index in [1.54, 1.807) is 0 Å². The molecule has 1 aliphatic carbocycles. The molecule has 0 aromatic heterocycles. The Morgan fingerprint density at radius 3 is 2.95 bits per heavy atom. The Balaban J connectivity index is 1.79. The second kappa shape index (κ2) is 7.93. The van der Waals surface area contributed by atoms with E-state index in [1.165, 1.54) is 0 Å². The molecule has 6 nitrogen and oxygen atoms in total. The predicted molar refractivity (Wildman–Crippen MR) is 75.4 cm³/mol. The number of carbonyl (C=O) groups is 1. The van der Waals surface area contributed by atoms with Gasteiger partial charge < -0.3 is 10.1 Å². The van der Waals surface area contributed by atoms with E-state index in [-0.39, 0.29) is 30.1 Å². The second-order valence-electron chi connectivity index (χ2n) is 5.70. The highest BCUT2D eigenvalue weighted by atomic mass is 16.8. The van der Waals surface area contributed by atoms with Crippen molar-refractivity contribution in [2.45, 2.75) is 70.7 Å². The summed E-state index contributed by atoms with van der Waals surface area (Å²) in [6, 6.07) is 0.120. The quantitative estimate of drug-likeness (QED) is 0.685. The topological polar surface area (TPSA) is 71.6 Å². The van der Waals surface area contributed by atoms with Crippen LogP contribution in [-0.2, 0) is 14.5 Å². The molecule has 0 spiro atoms. The van der Waals surface area contributed by atoms with Crippen LogP contribution < -0.4 is 16.3 Å². The number of carbonyl (C=O) groups excluding carboxylic acids is 1. The molecule has 2 fully saturated rings. The summed E-state index contributed by atoms with van der Waals surface area (Å²) >= 11 is 0. The van der Waals surface area contributed by atoms with Crippen molar-refractivity contribution in [3.05, 3.63) is 0 Å². The lowest BCUT2D eigenvalue weighted by atomic mass is 9.86. The lowest BCUT2D eigenvalue weighted by Gasteiger charge is -2.29. The number of nitrogens with one attached hydrogen (secondary N) is 3. The molecule has 1 heterocycles. The van der Waals surface area contributed by atoms with Crippen molar-refractivity contribution in [3.63, 3.8) is 0 Å². The molecule has 20 heavy (non-hydrogen) atoms. The minimum atomic E-state index is -0.149. The van der Waals surface area contributed by atoms with Crippen LogP contribution in [0.15, 0.2) is 0 Å². The van der Waals surface area contributed by atoms with E-state index in [4.69, 9.17) is 9.68 Å². The molecule has 4 unspecified atom stereocenters. The number of hydrogen-bond acceptors (Lipinski definition) is 5. The molecule has 116 valence electrons. The molecule has 2 aliphatic rings. The van der Waals surface area contributed by atoms with Crippen LogP contribution in [0.2, 0.25) is 0 Å². The van der Waals surface area contributed by atoms with E-state index < -0.39 is 0 Å². The maximum absolute atomic E-state index is 12.3. The second-order valence-corrected chi connectivity index (χ2v) is 5.70. The first-order chi connectivity index (χ1) is 9.74. The van der Waals surface area contributed by atoms with Crippen LogP contribution in [0.3, 0.4) is 0 Å². The molecule has 1 saturated carbocycles. The first-order valence-electron chi connectivity index (χ1n) is 7.83. The molecule has 6 heteroatoms. The SMILES string of the molecule is CCCOC1CCCC(C(=O)NC2NONC2CC)C1. The molecule has 0 bridgehead atoms. The maximum Gasteiger partial charge on any atom is 0.224 e. The monoisotopic (exact) mass is 285 g/mol. The van der Waals surface area contributed by atoms with E-state index in [9.17, 15) is 4.79 Å². The summed E-state index contributed by atoms with van der Waals surface area (Å²) < 4.78 is 5.79. The van der Waals surface area contributed by atoms with Crippen LogP contribution in [0.5, 0.6) is 0 Å². The number of ether oxygens (including phenoxy) is 1. The molecule has 2 rings (SSSR count). The van der Waals surface area contributed by atoms with Crippen LogP contribution in [0.25, 0.3) is 0 Å². The Hall–Kier alpha value is -0.690. The van der Waals surface area contributed by atoms with Crippen molar-refractivity contribution >= 4 is 5.91 Å². The van der Waals surface area contributed by atoms with E-state index >= 15 is 0 Å². The number of hydroxylamine groups is 2. The van der Waals surface area contributed by atoms with Gasteiger partial charge in [0, 0.05) is 12.5 Å². The van der Waals surface area contributed by atoms with Crippen LogP contribution >= 0.6 is 0 Å². The molecule has 0 aromatic carbocycles. The van der Waals surface area contributed by atoms with Gasteiger partial charge in [0.1, 0.15) is 6.17 Å². The fraction of sp³-hybridized carbons (Fsp3) is 0.929. The number of rotatable bonds is 6. The highest BCUT2D eigenvalue weighted by Gasteiger charge is 2.32. The van der Waals surface area contributed by atoms with Crippen LogP contribution in [0, 0.1) is 5.92 Å². The van der Waals surface area contributed by atoms with Gasteiger partial charge in [-0.2, -0.15) is 11.0 Å². The lowest BCUT2D eigenvalue weighted by Crippen LogP contribution is -2.50. The lowest BCUT2D eigenvalue weighted by molar-refractivity contribution is -0.129. The van der Waals surface area contributed by atoms with Crippen molar-refractivity contribution in [1.82, 2.24) is 16.3 Å². The Morgan fingerprint density at radius 1 is 1.35 bits per heavy atom. The van der Waals surface area contributed by atoms with Gasteiger partial charge in [-0.1, -0.05) is 20.3 Å². The standard InChI is InChI=1S/C14H27N3O3/c1-3-8-19-11-7-5-6-10(9-11)14(18)15-13-12(4-2)16-20-17-13/h10-13,16-17H,3-9H2,1-2H3,(H,15,18). The molecule has 0 radical (unpaired) electrons. The zero-order chi connectivity index (χ0) is 14.4. The van der Waals surface area contributed by atoms with E-state index in [0.29, 0.717) is 0 Å². The Morgan fingerprint density at radius 2 is 2.20 bits per heavy atom. The van der Waals surface area contributed by atoms with E-state index in [2.05, 4.69) is 30.1 Å². The fourth-order valence-corrected chi connectivity index (χ4v) is 2.86.